The molecule has 39 heavy (non-hydrogen) atoms. The molecule has 1 aliphatic heterocycles. The third kappa shape index (κ3) is 8.01. The van der Waals surface area contributed by atoms with Crippen molar-refractivity contribution in [3.63, 3.8) is 0 Å². The van der Waals surface area contributed by atoms with Crippen LogP contribution in [0.4, 0.5) is 5.69 Å². The summed E-state index contributed by atoms with van der Waals surface area (Å²) >= 11 is 0. The largest absolute Gasteiger partial charge is 0.481 e. The van der Waals surface area contributed by atoms with Gasteiger partial charge in [-0.25, -0.2) is 4.79 Å². The van der Waals surface area contributed by atoms with Gasteiger partial charge in [-0.15, -0.1) is 0 Å². The lowest BCUT2D eigenvalue weighted by Crippen LogP contribution is -2.42. The van der Waals surface area contributed by atoms with Crippen LogP contribution in [0.2, 0.25) is 0 Å². The highest BCUT2D eigenvalue weighted by molar-refractivity contribution is 5.97. The number of Topliss-reactive ketones (excluding diaryl/α,β-unsaturated/α-hetero) is 1. The number of ether oxygens (including phenoxy) is 1. The normalized spacial score (nSPS) is 14.8. The Morgan fingerprint density at radius 2 is 1.49 bits per heavy atom. The fraction of sp³-hybridized carbons (Fsp3) is 0.290. The molecule has 2 atom stereocenters. The Balaban J connectivity index is 1.46. The van der Waals surface area contributed by atoms with E-state index in [1.807, 2.05) is 60.7 Å². The van der Waals surface area contributed by atoms with Crippen LogP contribution in [-0.4, -0.2) is 47.9 Å². The lowest BCUT2D eigenvalue weighted by Gasteiger charge is -2.28. The topological polar surface area (TPSA) is 113 Å². The second-order valence-corrected chi connectivity index (χ2v) is 9.56. The van der Waals surface area contributed by atoms with Crippen molar-refractivity contribution in [2.24, 2.45) is 0 Å². The molecule has 1 saturated heterocycles. The highest BCUT2D eigenvalue weighted by atomic mass is 16.5. The summed E-state index contributed by atoms with van der Waals surface area (Å²) in [5, 5.41) is 11.9. The first-order valence-corrected chi connectivity index (χ1v) is 13.1. The Hall–Kier alpha value is -4.46. The van der Waals surface area contributed by atoms with E-state index in [4.69, 9.17) is 4.74 Å². The summed E-state index contributed by atoms with van der Waals surface area (Å²) in [6.45, 7) is 1.28. The van der Waals surface area contributed by atoms with Gasteiger partial charge in [0.1, 0.15) is 17.9 Å². The van der Waals surface area contributed by atoms with Crippen molar-refractivity contribution < 1.29 is 29.0 Å². The number of anilines is 1. The molecule has 1 amide bonds. The molecule has 0 spiro atoms. The fourth-order valence-electron chi connectivity index (χ4n) is 4.54. The molecular formula is C31H32N2O6. The van der Waals surface area contributed by atoms with Crippen LogP contribution < -0.4 is 10.2 Å². The number of hydrogen-bond donors (Lipinski definition) is 2. The number of nitrogens with one attached hydrogen (secondary N) is 1. The van der Waals surface area contributed by atoms with Crippen molar-refractivity contribution in [2.45, 2.75) is 44.2 Å². The summed E-state index contributed by atoms with van der Waals surface area (Å²) < 4.78 is 5.90. The standard InChI is InChI=1S/C31H32N2O6/c34-26-17-19-33(20-18-26)25-13-11-24(12-14-25)30(37)32-27(15-16-29(35)36)31(38)39-28(23-9-5-2-6-10-23)21-22-7-3-1-4-8-22/h1-14,27-28H,15-21H2,(H,32,37)(H,35,36)/t27-,28?/m0/s1. The minimum Gasteiger partial charge on any atom is -0.481 e. The van der Waals surface area contributed by atoms with Crippen LogP contribution in [0, 0.1) is 0 Å². The zero-order valence-corrected chi connectivity index (χ0v) is 21.6. The van der Waals surface area contributed by atoms with E-state index in [1.54, 1.807) is 24.3 Å². The number of amides is 1. The average molecular weight is 529 g/mol. The van der Waals surface area contributed by atoms with E-state index in [1.165, 1.54) is 0 Å². The fourth-order valence-corrected chi connectivity index (χ4v) is 4.54. The van der Waals surface area contributed by atoms with E-state index in [0.29, 0.717) is 37.9 Å². The summed E-state index contributed by atoms with van der Waals surface area (Å²) in [5.74, 6) is -2.01. The summed E-state index contributed by atoms with van der Waals surface area (Å²) in [7, 11) is 0. The van der Waals surface area contributed by atoms with Crippen molar-refractivity contribution >= 4 is 29.3 Å². The lowest BCUT2D eigenvalue weighted by atomic mass is 10.0. The molecule has 8 heteroatoms. The van der Waals surface area contributed by atoms with E-state index in [0.717, 1.165) is 16.8 Å². The zero-order valence-electron chi connectivity index (χ0n) is 21.6. The predicted molar refractivity (Wildman–Crippen MR) is 146 cm³/mol. The zero-order chi connectivity index (χ0) is 27.6. The molecule has 0 aliphatic carbocycles. The Morgan fingerprint density at radius 3 is 2.10 bits per heavy atom. The Bertz CT molecular complexity index is 1270. The first kappa shape index (κ1) is 27.6. The first-order valence-electron chi connectivity index (χ1n) is 13.1. The second-order valence-electron chi connectivity index (χ2n) is 9.56. The molecule has 1 fully saturated rings. The van der Waals surface area contributed by atoms with Gasteiger partial charge in [-0.2, -0.15) is 0 Å². The van der Waals surface area contributed by atoms with Gasteiger partial charge in [-0.1, -0.05) is 60.7 Å². The number of nitrogens with zero attached hydrogens (tertiary/aromatic N) is 1. The molecule has 2 N–H and O–H groups in total. The quantitative estimate of drug-likeness (QED) is 0.356. The van der Waals surface area contributed by atoms with Crippen LogP contribution in [0.15, 0.2) is 84.9 Å². The van der Waals surface area contributed by atoms with Gasteiger partial charge < -0.3 is 20.1 Å². The number of rotatable bonds is 11. The number of carboxylic acids is 1. The smallest absolute Gasteiger partial charge is 0.329 e. The van der Waals surface area contributed by atoms with Gasteiger partial charge in [0.15, 0.2) is 0 Å². The van der Waals surface area contributed by atoms with Gasteiger partial charge in [0.05, 0.1) is 0 Å². The molecule has 202 valence electrons. The van der Waals surface area contributed by atoms with E-state index < -0.39 is 30.0 Å². The SMILES string of the molecule is O=C(O)CC[C@H](NC(=O)c1ccc(N2CCC(=O)CC2)cc1)C(=O)OC(Cc1ccccc1)c1ccccc1. The maximum Gasteiger partial charge on any atom is 0.329 e. The molecule has 0 aromatic heterocycles. The van der Waals surface area contributed by atoms with Crippen molar-refractivity contribution in [1.82, 2.24) is 5.32 Å². The van der Waals surface area contributed by atoms with Crippen LogP contribution in [-0.2, 0) is 25.5 Å². The molecule has 8 nitrogen and oxygen atoms in total. The van der Waals surface area contributed by atoms with Crippen molar-refractivity contribution in [3.05, 3.63) is 102 Å². The third-order valence-corrected chi connectivity index (χ3v) is 6.75. The summed E-state index contributed by atoms with van der Waals surface area (Å²) in [6.07, 6.45) is 0.419. The number of esters is 1. The van der Waals surface area contributed by atoms with Crippen LogP contribution in [0.5, 0.6) is 0 Å². The Kier molecular flexibility index (Phi) is 9.45. The number of ketones is 1. The summed E-state index contributed by atoms with van der Waals surface area (Å²) in [6, 6.07) is 24.7. The number of aliphatic carboxylic acids is 1. The van der Waals surface area contributed by atoms with Crippen molar-refractivity contribution in [3.8, 4) is 0 Å². The average Bonchev–Trinajstić information content (AvgIpc) is 2.96. The highest BCUT2D eigenvalue weighted by Gasteiger charge is 2.27. The minimum atomic E-state index is -1.14. The van der Waals surface area contributed by atoms with Crippen molar-refractivity contribution in [2.75, 3.05) is 18.0 Å². The Morgan fingerprint density at radius 1 is 0.872 bits per heavy atom. The molecule has 3 aromatic rings. The highest BCUT2D eigenvalue weighted by Crippen LogP contribution is 2.24. The minimum absolute atomic E-state index is 0.105. The predicted octanol–water partition coefficient (Wildman–Crippen LogP) is 4.35. The van der Waals surface area contributed by atoms with E-state index in [2.05, 4.69) is 10.2 Å². The number of carboxylic acid groups (broad SMARTS) is 1. The number of carbonyl (C=O) groups excluding carboxylic acids is 3. The molecular weight excluding hydrogens is 496 g/mol. The first-order chi connectivity index (χ1) is 18.9. The molecule has 4 rings (SSSR count). The third-order valence-electron chi connectivity index (χ3n) is 6.75. The molecule has 1 unspecified atom stereocenters. The maximum absolute atomic E-state index is 13.3. The van der Waals surface area contributed by atoms with Gasteiger partial charge >= 0.3 is 11.9 Å². The monoisotopic (exact) mass is 528 g/mol. The molecule has 0 bridgehead atoms. The van der Waals surface area contributed by atoms with Gasteiger partial charge in [0.2, 0.25) is 0 Å². The van der Waals surface area contributed by atoms with Crippen LogP contribution >= 0.6 is 0 Å². The number of piperidine rings is 1. The molecule has 0 saturated carbocycles. The van der Waals surface area contributed by atoms with Crippen LogP contribution in [0.25, 0.3) is 0 Å². The van der Waals surface area contributed by atoms with E-state index in [9.17, 15) is 24.3 Å². The number of benzene rings is 3. The van der Waals surface area contributed by atoms with Gasteiger partial charge in [0.25, 0.3) is 5.91 Å². The molecule has 1 aliphatic rings. The lowest BCUT2D eigenvalue weighted by molar-refractivity contribution is -0.152. The summed E-state index contributed by atoms with van der Waals surface area (Å²) in [5.41, 5.74) is 3.02. The van der Waals surface area contributed by atoms with Gasteiger partial charge in [0, 0.05) is 50.0 Å². The maximum atomic E-state index is 13.3. The molecule has 0 radical (unpaired) electrons. The molecule has 3 aromatic carbocycles. The van der Waals surface area contributed by atoms with E-state index in [-0.39, 0.29) is 18.6 Å². The van der Waals surface area contributed by atoms with Crippen LogP contribution in [0.1, 0.15) is 53.3 Å². The van der Waals surface area contributed by atoms with Crippen LogP contribution in [0.3, 0.4) is 0 Å². The van der Waals surface area contributed by atoms with E-state index >= 15 is 0 Å². The van der Waals surface area contributed by atoms with Gasteiger partial charge in [-0.05, 0) is 41.8 Å². The molecule has 1 heterocycles. The number of hydrogen-bond acceptors (Lipinski definition) is 6. The Labute approximate surface area is 227 Å². The summed E-state index contributed by atoms with van der Waals surface area (Å²) in [4.78, 5) is 51.3. The second kappa shape index (κ2) is 13.4. The van der Waals surface area contributed by atoms with Gasteiger partial charge in [-0.3, -0.25) is 14.4 Å². The van der Waals surface area contributed by atoms with Crippen molar-refractivity contribution in [1.29, 1.82) is 0 Å². The number of carbonyl (C=O) groups is 4.